The monoisotopic (exact) mass is 544 g/mol. The fourth-order valence-corrected chi connectivity index (χ4v) is 5.09. The van der Waals surface area contributed by atoms with Crippen LogP contribution in [-0.4, -0.2) is 25.2 Å². The molecular weight excluding hydrogens is 484 g/mol. The number of hydrogen-bond acceptors (Lipinski definition) is 4. The Bertz CT molecular complexity index is 742. The minimum Gasteiger partial charge on any atom is -0.462 e. The highest BCUT2D eigenvalue weighted by atomic mass is 16.5. The summed E-state index contributed by atoms with van der Waals surface area (Å²) in [4.78, 5) is 26.3. The maximum absolute atomic E-state index is 13.2. The van der Waals surface area contributed by atoms with Gasteiger partial charge in [0, 0.05) is 0 Å². The lowest BCUT2D eigenvalue weighted by molar-refractivity contribution is 0.0449. The van der Waals surface area contributed by atoms with Gasteiger partial charge >= 0.3 is 11.9 Å². The summed E-state index contributed by atoms with van der Waals surface area (Å²) >= 11 is 0. The van der Waals surface area contributed by atoms with Crippen molar-refractivity contribution in [1.29, 1.82) is 0 Å². The third-order valence-corrected chi connectivity index (χ3v) is 7.59. The molecule has 1 aromatic carbocycles. The van der Waals surface area contributed by atoms with Gasteiger partial charge in [0.05, 0.1) is 24.3 Å². The van der Waals surface area contributed by atoms with Crippen molar-refractivity contribution in [2.75, 3.05) is 13.2 Å². The van der Waals surface area contributed by atoms with Gasteiger partial charge in [0.15, 0.2) is 0 Å². The summed E-state index contributed by atoms with van der Waals surface area (Å²) in [5.74, 6) is -0.773. The van der Waals surface area contributed by atoms with Crippen LogP contribution in [0.2, 0.25) is 0 Å². The fraction of sp³-hybridized carbons (Fsp3) is 0.771. The van der Waals surface area contributed by atoms with Crippen LogP contribution >= 0.6 is 0 Å². The maximum atomic E-state index is 13.2. The van der Waals surface area contributed by atoms with Gasteiger partial charge in [0.25, 0.3) is 0 Å². The topological polar surface area (TPSA) is 52.6 Å². The molecule has 0 amide bonds. The van der Waals surface area contributed by atoms with Crippen LogP contribution < -0.4 is 0 Å². The summed E-state index contributed by atoms with van der Waals surface area (Å²) in [5, 5.41) is 0. The van der Waals surface area contributed by atoms with Crippen molar-refractivity contribution in [2.24, 2.45) is 0 Å². The van der Waals surface area contributed by atoms with Gasteiger partial charge in [-0.2, -0.15) is 0 Å². The van der Waals surface area contributed by atoms with E-state index in [4.69, 9.17) is 9.47 Å². The Hall–Kier alpha value is -1.84. The van der Waals surface area contributed by atoms with Crippen LogP contribution in [0.4, 0.5) is 0 Å². The summed E-state index contributed by atoms with van der Waals surface area (Å²) in [6.07, 6.45) is 25.8. The van der Waals surface area contributed by atoms with Crippen molar-refractivity contribution in [1.82, 2.24) is 0 Å². The standard InChI is InChI=1S/C35H60O4/c1-4-7-10-13-15-16-18-21-23-29-38-34(36)32-28-25-27-31(26-22-19-12-9-6-3)33(32)35(37)39-30-24-20-17-14-11-8-5-2/h25,27-28H,4-24,26,29-30H2,1-3H3. The molecule has 0 N–H and O–H groups in total. The lowest BCUT2D eigenvalue weighted by Gasteiger charge is -2.14. The van der Waals surface area contributed by atoms with Crippen LogP contribution in [0.5, 0.6) is 0 Å². The molecule has 0 atom stereocenters. The molecule has 0 aliphatic carbocycles. The number of esters is 2. The van der Waals surface area contributed by atoms with Crippen molar-refractivity contribution in [3.05, 3.63) is 34.9 Å². The summed E-state index contributed by atoms with van der Waals surface area (Å²) < 4.78 is 11.3. The van der Waals surface area contributed by atoms with E-state index in [0.717, 1.165) is 50.5 Å². The highest BCUT2D eigenvalue weighted by Gasteiger charge is 2.23. The van der Waals surface area contributed by atoms with Gasteiger partial charge in [0.2, 0.25) is 0 Å². The minimum absolute atomic E-state index is 0.363. The first kappa shape index (κ1) is 35.2. The minimum atomic E-state index is -0.398. The molecule has 0 radical (unpaired) electrons. The average Bonchev–Trinajstić information content (AvgIpc) is 2.95. The van der Waals surface area contributed by atoms with E-state index < -0.39 is 5.97 Å². The van der Waals surface area contributed by atoms with Gasteiger partial charge in [0.1, 0.15) is 0 Å². The van der Waals surface area contributed by atoms with Crippen molar-refractivity contribution in [3.63, 3.8) is 0 Å². The van der Waals surface area contributed by atoms with E-state index in [0.29, 0.717) is 24.3 Å². The van der Waals surface area contributed by atoms with Crippen LogP contribution in [0.25, 0.3) is 0 Å². The number of unbranched alkanes of at least 4 members (excludes halogenated alkanes) is 18. The highest BCUT2D eigenvalue weighted by molar-refractivity contribution is 6.04. The first-order valence-corrected chi connectivity index (χ1v) is 16.6. The van der Waals surface area contributed by atoms with Crippen LogP contribution in [-0.2, 0) is 15.9 Å². The van der Waals surface area contributed by atoms with Crippen molar-refractivity contribution >= 4 is 11.9 Å². The van der Waals surface area contributed by atoms with E-state index in [-0.39, 0.29) is 5.97 Å². The number of hydrogen-bond donors (Lipinski definition) is 0. The molecule has 4 nitrogen and oxygen atoms in total. The molecule has 0 unspecified atom stereocenters. The van der Waals surface area contributed by atoms with Crippen LogP contribution in [0.1, 0.15) is 182 Å². The molecule has 224 valence electrons. The largest absolute Gasteiger partial charge is 0.462 e. The second-order valence-corrected chi connectivity index (χ2v) is 11.2. The molecule has 39 heavy (non-hydrogen) atoms. The summed E-state index contributed by atoms with van der Waals surface area (Å²) in [5.41, 5.74) is 1.70. The van der Waals surface area contributed by atoms with Gasteiger partial charge in [-0.05, 0) is 37.3 Å². The lowest BCUT2D eigenvalue weighted by Crippen LogP contribution is -2.17. The molecule has 0 bridgehead atoms. The van der Waals surface area contributed by atoms with E-state index in [1.807, 2.05) is 12.1 Å². The predicted octanol–water partition coefficient (Wildman–Crippen LogP) is 10.8. The van der Waals surface area contributed by atoms with E-state index in [2.05, 4.69) is 20.8 Å². The number of ether oxygens (including phenoxy) is 2. The normalized spacial score (nSPS) is 11.1. The molecule has 1 aromatic rings. The zero-order chi connectivity index (χ0) is 28.4. The van der Waals surface area contributed by atoms with Gasteiger partial charge in [-0.25, -0.2) is 9.59 Å². The fourth-order valence-electron chi connectivity index (χ4n) is 5.09. The van der Waals surface area contributed by atoms with Crippen molar-refractivity contribution in [2.45, 2.75) is 162 Å². The van der Waals surface area contributed by atoms with Gasteiger partial charge in [-0.3, -0.25) is 0 Å². The number of carbonyl (C=O) groups is 2. The van der Waals surface area contributed by atoms with Gasteiger partial charge in [-0.15, -0.1) is 0 Å². The summed E-state index contributed by atoms with van der Waals surface area (Å²) in [7, 11) is 0. The highest BCUT2D eigenvalue weighted by Crippen LogP contribution is 2.21. The zero-order valence-electron chi connectivity index (χ0n) is 25.8. The maximum Gasteiger partial charge on any atom is 0.339 e. The van der Waals surface area contributed by atoms with E-state index in [1.165, 1.54) is 96.3 Å². The molecule has 0 fully saturated rings. The number of benzene rings is 1. The molecule has 0 spiro atoms. The molecule has 0 aromatic heterocycles. The Labute approximate surface area is 241 Å². The summed E-state index contributed by atoms with van der Waals surface area (Å²) in [6.45, 7) is 7.50. The number of carbonyl (C=O) groups excluding carboxylic acids is 2. The summed E-state index contributed by atoms with van der Waals surface area (Å²) in [6, 6.07) is 5.58. The third kappa shape index (κ3) is 17.5. The second-order valence-electron chi connectivity index (χ2n) is 11.2. The third-order valence-electron chi connectivity index (χ3n) is 7.59. The Balaban J connectivity index is 2.61. The van der Waals surface area contributed by atoms with Crippen LogP contribution in [0.15, 0.2) is 18.2 Å². The molecule has 0 aliphatic heterocycles. The quantitative estimate of drug-likeness (QED) is 0.0859. The molecular formula is C35H60O4. The van der Waals surface area contributed by atoms with E-state index >= 15 is 0 Å². The first-order valence-electron chi connectivity index (χ1n) is 16.6. The van der Waals surface area contributed by atoms with Gasteiger partial charge < -0.3 is 9.47 Å². The second kappa shape index (κ2) is 25.1. The smallest absolute Gasteiger partial charge is 0.339 e. The molecule has 0 aliphatic rings. The van der Waals surface area contributed by atoms with Crippen LogP contribution in [0.3, 0.4) is 0 Å². The Kier molecular flexibility index (Phi) is 22.7. The zero-order valence-corrected chi connectivity index (χ0v) is 25.8. The van der Waals surface area contributed by atoms with Crippen LogP contribution in [0, 0.1) is 0 Å². The lowest BCUT2D eigenvalue weighted by atomic mass is 9.96. The first-order chi connectivity index (χ1) is 19.2. The Morgan fingerprint density at radius 2 is 0.923 bits per heavy atom. The average molecular weight is 545 g/mol. The van der Waals surface area contributed by atoms with E-state index in [1.54, 1.807) is 6.07 Å². The Morgan fingerprint density at radius 1 is 0.513 bits per heavy atom. The van der Waals surface area contributed by atoms with Crippen molar-refractivity contribution in [3.8, 4) is 0 Å². The predicted molar refractivity (Wildman–Crippen MR) is 165 cm³/mol. The SMILES string of the molecule is CCCCCCCCCCCOC(=O)c1cccc(CCCCCCC)c1C(=O)OCCCCCCCCC. The van der Waals surface area contributed by atoms with Crippen molar-refractivity contribution < 1.29 is 19.1 Å². The number of aryl methyl sites for hydroxylation is 1. The van der Waals surface area contributed by atoms with E-state index in [9.17, 15) is 9.59 Å². The molecule has 0 saturated carbocycles. The molecule has 4 heteroatoms. The molecule has 0 saturated heterocycles. The number of rotatable bonds is 26. The van der Waals surface area contributed by atoms with Gasteiger partial charge in [-0.1, -0.05) is 148 Å². The molecule has 0 heterocycles. The molecule has 1 rings (SSSR count). The Morgan fingerprint density at radius 3 is 1.41 bits per heavy atom.